The molecule has 1 aliphatic carbocycles. The molecule has 0 amide bonds. The van der Waals surface area contributed by atoms with Gasteiger partial charge in [-0.25, -0.2) is 0 Å². The van der Waals surface area contributed by atoms with E-state index in [9.17, 15) is 5.11 Å². The van der Waals surface area contributed by atoms with E-state index in [1.165, 1.54) is 24.0 Å². The van der Waals surface area contributed by atoms with Crippen LogP contribution >= 0.6 is 0 Å². The minimum absolute atomic E-state index is 0.456. The summed E-state index contributed by atoms with van der Waals surface area (Å²) in [5.41, 5.74) is 2.51. The molecule has 1 heterocycles. The Kier molecular flexibility index (Phi) is 2.49. The van der Waals surface area contributed by atoms with E-state index in [1.807, 2.05) is 0 Å². The Bertz CT molecular complexity index is 382. The van der Waals surface area contributed by atoms with Crippen molar-refractivity contribution < 1.29 is 5.11 Å². The van der Waals surface area contributed by atoms with Crippen molar-refractivity contribution in [2.45, 2.75) is 37.2 Å². The topological polar surface area (TPSA) is 32.3 Å². The summed E-state index contributed by atoms with van der Waals surface area (Å²) in [5, 5.41) is 13.7. The maximum atomic E-state index is 10.4. The molecular formula is C14H19NO. The van der Waals surface area contributed by atoms with Crippen LogP contribution in [0.5, 0.6) is 0 Å². The molecule has 1 aliphatic heterocycles. The predicted molar refractivity (Wildman–Crippen MR) is 64.6 cm³/mol. The van der Waals surface area contributed by atoms with E-state index in [4.69, 9.17) is 0 Å². The lowest BCUT2D eigenvalue weighted by molar-refractivity contribution is 0.0448. The fourth-order valence-corrected chi connectivity index (χ4v) is 3.22. The summed E-state index contributed by atoms with van der Waals surface area (Å²) in [4.78, 5) is 0. The third-order valence-corrected chi connectivity index (χ3v) is 4.10. The molecule has 0 saturated carbocycles. The summed E-state index contributed by atoms with van der Waals surface area (Å²) in [5.74, 6) is 0.570. The Hall–Kier alpha value is -0.860. The summed E-state index contributed by atoms with van der Waals surface area (Å²) in [6.07, 6.45) is 4.23. The van der Waals surface area contributed by atoms with Crippen LogP contribution in [-0.4, -0.2) is 23.8 Å². The lowest BCUT2D eigenvalue weighted by Gasteiger charge is -2.25. The van der Waals surface area contributed by atoms with Crippen LogP contribution < -0.4 is 5.32 Å². The van der Waals surface area contributed by atoms with E-state index in [0.29, 0.717) is 5.92 Å². The summed E-state index contributed by atoms with van der Waals surface area (Å²) < 4.78 is 0. The van der Waals surface area contributed by atoms with Gasteiger partial charge in [0.2, 0.25) is 0 Å². The molecule has 3 rings (SSSR count). The zero-order valence-corrected chi connectivity index (χ0v) is 9.58. The molecule has 0 aromatic heterocycles. The molecule has 0 radical (unpaired) electrons. The third-order valence-electron chi connectivity index (χ3n) is 4.10. The normalized spacial score (nSPS) is 32.9. The first-order chi connectivity index (χ1) is 7.77. The molecule has 16 heavy (non-hydrogen) atoms. The molecule has 2 aliphatic rings. The summed E-state index contributed by atoms with van der Waals surface area (Å²) in [6, 6.07) is 8.70. The molecule has 0 bridgehead atoms. The van der Waals surface area contributed by atoms with Gasteiger partial charge < -0.3 is 10.4 Å². The van der Waals surface area contributed by atoms with Gasteiger partial charge in [0.15, 0.2) is 0 Å². The summed E-state index contributed by atoms with van der Waals surface area (Å²) in [6.45, 7) is 1.73. The molecule has 2 heteroatoms. The van der Waals surface area contributed by atoms with Gasteiger partial charge in [0.05, 0.1) is 5.60 Å². The van der Waals surface area contributed by atoms with Gasteiger partial charge in [0.25, 0.3) is 0 Å². The number of aryl methyl sites for hydroxylation is 1. The molecule has 0 spiro atoms. The summed E-state index contributed by atoms with van der Waals surface area (Å²) in [7, 11) is 0. The second-order valence-corrected chi connectivity index (χ2v) is 5.29. The molecule has 2 nitrogen and oxygen atoms in total. The number of benzene rings is 1. The first-order valence-electron chi connectivity index (χ1n) is 6.28. The van der Waals surface area contributed by atoms with Gasteiger partial charge in [-0.1, -0.05) is 24.3 Å². The Morgan fingerprint density at radius 1 is 1.38 bits per heavy atom. The largest absolute Gasteiger partial charge is 0.388 e. The lowest BCUT2D eigenvalue weighted by Crippen LogP contribution is -2.32. The van der Waals surface area contributed by atoms with Crippen molar-refractivity contribution >= 4 is 0 Å². The van der Waals surface area contributed by atoms with Crippen molar-refractivity contribution in [3.05, 3.63) is 35.4 Å². The standard InChI is InChI=1S/C14H19NO/c16-14(7-8-15-10-14)9-12-6-5-11-3-1-2-4-13(11)12/h1-4,12,15-16H,5-10H2. The molecule has 2 atom stereocenters. The van der Waals surface area contributed by atoms with Crippen LogP contribution in [0.25, 0.3) is 0 Å². The number of rotatable bonds is 2. The molecule has 2 unspecified atom stereocenters. The Balaban J connectivity index is 1.78. The number of nitrogens with one attached hydrogen (secondary N) is 1. The number of fused-ring (bicyclic) bond motifs is 1. The van der Waals surface area contributed by atoms with Gasteiger partial charge in [-0.3, -0.25) is 0 Å². The fraction of sp³-hybridized carbons (Fsp3) is 0.571. The van der Waals surface area contributed by atoms with Gasteiger partial charge in [0, 0.05) is 6.54 Å². The predicted octanol–water partition coefficient (Wildman–Crippen LogP) is 1.83. The van der Waals surface area contributed by atoms with Crippen molar-refractivity contribution in [1.82, 2.24) is 5.32 Å². The minimum Gasteiger partial charge on any atom is -0.388 e. The monoisotopic (exact) mass is 217 g/mol. The first-order valence-corrected chi connectivity index (χ1v) is 6.28. The average Bonchev–Trinajstić information content (AvgIpc) is 2.87. The SMILES string of the molecule is OC1(CC2CCc3ccccc32)CCNC1. The van der Waals surface area contributed by atoms with Crippen LogP contribution in [0.15, 0.2) is 24.3 Å². The van der Waals surface area contributed by atoms with Crippen LogP contribution in [0.4, 0.5) is 0 Å². The molecular weight excluding hydrogens is 198 g/mol. The number of hydrogen-bond acceptors (Lipinski definition) is 2. The van der Waals surface area contributed by atoms with Crippen molar-refractivity contribution in [2.75, 3.05) is 13.1 Å². The van der Waals surface area contributed by atoms with Gasteiger partial charge >= 0.3 is 0 Å². The van der Waals surface area contributed by atoms with Crippen LogP contribution in [0.1, 0.15) is 36.3 Å². The second kappa shape index (κ2) is 3.86. The Labute approximate surface area is 96.7 Å². The van der Waals surface area contributed by atoms with Crippen LogP contribution in [0.2, 0.25) is 0 Å². The van der Waals surface area contributed by atoms with Gasteiger partial charge in [-0.05, 0) is 49.3 Å². The van der Waals surface area contributed by atoms with E-state index in [2.05, 4.69) is 29.6 Å². The van der Waals surface area contributed by atoms with Crippen molar-refractivity contribution in [3.63, 3.8) is 0 Å². The Morgan fingerprint density at radius 2 is 2.25 bits per heavy atom. The minimum atomic E-state index is -0.456. The molecule has 1 saturated heterocycles. The van der Waals surface area contributed by atoms with Gasteiger partial charge in [0.1, 0.15) is 0 Å². The molecule has 1 aromatic carbocycles. The maximum absolute atomic E-state index is 10.4. The average molecular weight is 217 g/mol. The fourth-order valence-electron chi connectivity index (χ4n) is 3.22. The lowest BCUT2D eigenvalue weighted by atomic mass is 9.86. The second-order valence-electron chi connectivity index (χ2n) is 5.29. The van der Waals surface area contributed by atoms with Crippen molar-refractivity contribution in [1.29, 1.82) is 0 Å². The highest BCUT2D eigenvalue weighted by Gasteiger charge is 2.36. The number of β-amino-alcohol motifs (C(OH)–C–C–N with tert-alkyl or cyclic N) is 1. The highest BCUT2D eigenvalue weighted by atomic mass is 16.3. The highest BCUT2D eigenvalue weighted by Crippen LogP contribution is 2.39. The molecule has 2 N–H and O–H groups in total. The van der Waals surface area contributed by atoms with Crippen LogP contribution in [0.3, 0.4) is 0 Å². The quantitative estimate of drug-likeness (QED) is 0.792. The van der Waals surface area contributed by atoms with E-state index >= 15 is 0 Å². The zero-order valence-electron chi connectivity index (χ0n) is 9.58. The van der Waals surface area contributed by atoms with Crippen LogP contribution in [0, 0.1) is 0 Å². The Morgan fingerprint density at radius 3 is 3.06 bits per heavy atom. The smallest absolute Gasteiger partial charge is 0.0789 e. The van der Waals surface area contributed by atoms with E-state index in [-0.39, 0.29) is 0 Å². The van der Waals surface area contributed by atoms with E-state index in [1.54, 1.807) is 0 Å². The van der Waals surface area contributed by atoms with E-state index in [0.717, 1.165) is 25.9 Å². The first kappa shape index (κ1) is 10.3. The zero-order chi connectivity index (χ0) is 11.0. The van der Waals surface area contributed by atoms with Crippen molar-refractivity contribution in [2.24, 2.45) is 0 Å². The van der Waals surface area contributed by atoms with Crippen LogP contribution in [-0.2, 0) is 6.42 Å². The number of aliphatic hydroxyl groups is 1. The van der Waals surface area contributed by atoms with Gasteiger partial charge in [-0.15, -0.1) is 0 Å². The van der Waals surface area contributed by atoms with Crippen molar-refractivity contribution in [3.8, 4) is 0 Å². The third kappa shape index (κ3) is 1.76. The molecule has 1 aromatic rings. The van der Waals surface area contributed by atoms with E-state index < -0.39 is 5.60 Å². The van der Waals surface area contributed by atoms with Gasteiger partial charge in [-0.2, -0.15) is 0 Å². The maximum Gasteiger partial charge on any atom is 0.0789 e. The molecule has 86 valence electrons. The highest BCUT2D eigenvalue weighted by molar-refractivity contribution is 5.35. The number of hydrogen-bond donors (Lipinski definition) is 2. The summed E-state index contributed by atoms with van der Waals surface area (Å²) >= 11 is 0. The molecule has 1 fully saturated rings.